The minimum absolute atomic E-state index is 1.18. The Morgan fingerprint density at radius 3 is 1.52 bits per heavy atom. The van der Waals surface area contributed by atoms with Crippen LogP contribution in [0.15, 0.2) is 66.7 Å². The first-order chi connectivity index (χ1) is 12.4. The maximum atomic E-state index is 2.44. The Hall–Kier alpha value is -1.82. The van der Waals surface area contributed by atoms with E-state index in [-0.39, 0.29) is 0 Å². The van der Waals surface area contributed by atoms with E-state index >= 15 is 0 Å². The van der Waals surface area contributed by atoms with Crippen molar-refractivity contribution in [1.82, 2.24) is 0 Å². The highest BCUT2D eigenvalue weighted by Gasteiger charge is 2.03. The Labute approximate surface area is 155 Å². The zero-order chi connectivity index (χ0) is 17.6. The van der Waals surface area contributed by atoms with Gasteiger partial charge in [0.1, 0.15) is 0 Å². The van der Waals surface area contributed by atoms with Crippen LogP contribution in [-0.2, 0) is 0 Å². The minimum atomic E-state index is 1.18. The van der Waals surface area contributed by atoms with Gasteiger partial charge >= 0.3 is 0 Å². The van der Waals surface area contributed by atoms with Gasteiger partial charge in [-0.1, -0.05) is 125 Å². The fraction of sp³-hybridized carbons (Fsp3) is 0.440. The van der Waals surface area contributed by atoms with E-state index in [4.69, 9.17) is 0 Å². The van der Waals surface area contributed by atoms with Crippen molar-refractivity contribution in [2.45, 2.75) is 71.1 Å². The van der Waals surface area contributed by atoms with Gasteiger partial charge in [-0.3, -0.25) is 0 Å². The second kappa shape index (κ2) is 12.5. The summed E-state index contributed by atoms with van der Waals surface area (Å²) in [6.07, 6.45) is 16.1. The molecule has 0 saturated carbocycles. The largest absolute Gasteiger partial charge is 0.0761 e. The zero-order valence-corrected chi connectivity index (χ0v) is 15.9. The van der Waals surface area contributed by atoms with Crippen molar-refractivity contribution in [1.29, 1.82) is 0 Å². The molecule has 0 atom stereocenters. The molecule has 0 fully saturated rings. The Morgan fingerprint density at radius 1 is 0.600 bits per heavy atom. The molecule has 2 rings (SSSR count). The van der Waals surface area contributed by atoms with Gasteiger partial charge in [0.2, 0.25) is 0 Å². The van der Waals surface area contributed by atoms with E-state index < -0.39 is 0 Å². The molecular weight excluding hydrogens is 300 g/mol. The van der Waals surface area contributed by atoms with Gasteiger partial charge in [0.15, 0.2) is 0 Å². The van der Waals surface area contributed by atoms with Gasteiger partial charge in [-0.2, -0.15) is 0 Å². The lowest BCUT2D eigenvalue weighted by molar-refractivity contribution is 0.566. The van der Waals surface area contributed by atoms with Gasteiger partial charge in [-0.05, 0) is 29.5 Å². The number of allylic oxidation sites excluding steroid dienone is 1. The molecule has 0 spiro atoms. The predicted molar refractivity (Wildman–Crippen MR) is 112 cm³/mol. The van der Waals surface area contributed by atoms with Crippen molar-refractivity contribution in [3.8, 4) is 0 Å². The summed E-state index contributed by atoms with van der Waals surface area (Å²) in [5.74, 6) is 0. The molecule has 0 N–H and O–H groups in total. The lowest BCUT2D eigenvalue weighted by Gasteiger charge is -2.09. The molecule has 0 bridgehead atoms. The van der Waals surface area contributed by atoms with Gasteiger partial charge < -0.3 is 0 Å². The molecule has 25 heavy (non-hydrogen) atoms. The van der Waals surface area contributed by atoms with Crippen molar-refractivity contribution < 1.29 is 0 Å². The van der Waals surface area contributed by atoms with Crippen LogP contribution in [-0.4, -0.2) is 0 Å². The fourth-order valence-electron chi connectivity index (χ4n) is 3.34. The quantitative estimate of drug-likeness (QED) is 0.344. The molecule has 0 radical (unpaired) electrons. The second-order valence-electron chi connectivity index (χ2n) is 6.97. The summed E-state index contributed by atoms with van der Waals surface area (Å²) in [7, 11) is 0. The van der Waals surface area contributed by atoms with Crippen LogP contribution in [0.4, 0.5) is 0 Å². The molecule has 0 amide bonds. The van der Waals surface area contributed by atoms with E-state index in [0.717, 1.165) is 0 Å². The molecule has 2 aromatic carbocycles. The zero-order valence-electron chi connectivity index (χ0n) is 15.9. The van der Waals surface area contributed by atoms with E-state index in [1.54, 1.807) is 0 Å². The van der Waals surface area contributed by atoms with Gasteiger partial charge in [-0.15, -0.1) is 0 Å². The standard InChI is InChI=1S/C25H34/c1-2-3-4-5-6-7-8-9-10-17-22-25(23-18-13-11-14-19-23)24-20-15-12-16-21-24/h11-16,18-22H,2-10,17H2,1H3. The number of rotatable bonds is 12. The average molecular weight is 335 g/mol. The molecule has 0 heteroatoms. The first-order valence-corrected chi connectivity index (χ1v) is 10.2. The van der Waals surface area contributed by atoms with Crippen molar-refractivity contribution in [3.63, 3.8) is 0 Å². The van der Waals surface area contributed by atoms with Gasteiger partial charge in [0.05, 0.1) is 0 Å². The van der Waals surface area contributed by atoms with Crippen molar-refractivity contribution >= 4 is 5.57 Å². The molecule has 0 aromatic heterocycles. The summed E-state index contributed by atoms with van der Waals surface area (Å²) in [6.45, 7) is 2.28. The molecular formula is C25H34. The van der Waals surface area contributed by atoms with Crippen LogP contribution in [0.2, 0.25) is 0 Å². The molecule has 0 saturated heterocycles. The normalized spacial score (nSPS) is 10.6. The summed E-state index contributed by atoms with van der Waals surface area (Å²) in [5, 5.41) is 0. The fourth-order valence-corrected chi connectivity index (χ4v) is 3.34. The number of benzene rings is 2. The molecule has 2 aromatic rings. The van der Waals surface area contributed by atoms with Crippen LogP contribution in [0.1, 0.15) is 82.3 Å². The van der Waals surface area contributed by atoms with Crippen LogP contribution >= 0.6 is 0 Å². The maximum Gasteiger partial charge on any atom is -0.0151 e. The molecule has 0 unspecified atom stereocenters. The molecule has 0 aliphatic carbocycles. The molecule has 0 aliphatic heterocycles. The molecule has 0 nitrogen and oxygen atoms in total. The molecule has 0 aliphatic rings. The predicted octanol–water partition coefficient (Wildman–Crippen LogP) is 8.04. The van der Waals surface area contributed by atoms with Crippen molar-refractivity contribution in [2.24, 2.45) is 0 Å². The third-order valence-corrected chi connectivity index (χ3v) is 4.83. The van der Waals surface area contributed by atoms with Crippen LogP contribution in [0, 0.1) is 0 Å². The Balaban J connectivity index is 1.77. The smallest absolute Gasteiger partial charge is 0.0151 e. The Morgan fingerprint density at radius 2 is 1.04 bits per heavy atom. The van der Waals surface area contributed by atoms with Gasteiger partial charge in [0.25, 0.3) is 0 Å². The summed E-state index contributed by atoms with van der Waals surface area (Å²) >= 11 is 0. The molecule has 134 valence electrons. The highest BCUT2D eigenvalue weighted by Crippen LogP contribution is 2.24. The third-order valence-electron chi connectivity index (χ3n) is 4.83. The first-order valence-electron chi connectivity index (χ1n) is 10.2. The van der Waals surface area contributed by atoms with Crippen molar-refractivity contribution in [2.75, 3.05) is 0 Å². The summed E-state index contributed by atoms with van der Waals surface area (Å²) < 4.78 is 0. The van der Waals surface area contributed by atoms with E-state index in [1.807, 2.05) is 0 Å². The van der Waals surface area contributed by atoms with E-state index in [2.05, 4.69) is 73.7 Å². The van der Waals surface area contributed by atoms with Crippen LogP contribution in [0.25, 0.3) is 5.57 Å². The van der Waals surface area contributed by atoms with Gasteiger partial charge in [0, 0.05) is 0 Å². The number of unbranched alkanes of at least 4 members (excludes halogenated alkanes) is 9. The van der Waals surface area contributed by atoms with Crippen molar-refractivity contribution in [3.05, 3.63) is 77.9 Å². The molecule has 0 heterocycles. The number of hydrogen-bond donors (Lipinski definition) is 0. The number of hydrogen-bond acceptors (Lipinski definition) is 0. The highest BCUT2D eigenvalue weighted by molar-refractivity contribution is 5.79. The SMILES string of the molecule is CCCCCCCCCCCC=C(c1ccccc1)c1ccccc1. The van der Waals surface area contributed by atoms with Crippen LogP contribution in [0.3, 0.4) is 0 Å². The lowest BCUT2D eigenvalue weighted by atomic mass is 9.96. The van der Waals surface area contributed by atoms with E-state index in [1.165, 1.54) is 80.9 Å². The summed E-state index contributed by atoms with van der Waals surface area (Å²) in [4.78, 5) is 0. The monoisotopic (exact) mass is 334 g/mol. The average Bonchev–Trinajstić information content (AvgIpc) is 2.67. The Bertz CT molecular complexity index is 538. The topological polar surface area (TPSA) is 0 Å². The summed E-state index contributed by atoms with van der Waals surface area (Å²) in [6, 6.07) is 21.6. The second-order valence-corrected chi connectivity index (χ2v) is 6.97. The Kier molecular flexibility index (Phi) is 9.77. The van der Waals surface area contributed by atoms with E-state index in [9.17, 15) is 0 Å². The highest BCUT2D eigenvalue weighted by atomic mass is 14.1. The first kappa shape index (κ1) is 19.5. The van der Waals surface area contributed by atoms with E-state index in [0.29, 0.717) is 0 Å². The third kappa shape index (κ3) is 7.73. The van der Waals surface area contributed by atoms with Crippen LogP contribution in [0.5, 0.6) is 0 Å². The van der Waals surface area contributed by atoms with Gasteiger partial charge in [-0.25, -0.2) is 0 Å². The maximum absolute atomic E-state index is 2.44. The van der Waals surface area contributed by atoms with Crippen LogP contribution < -0.4 is 0 Å². The summed E-state index contributed by atoms with van der Waals surface area (Å²) in [5.41, 5.74) is 4.02. The minimum Gasteiger partial charge on any atom is -0.0761 e. The lowest BCUT2D eigenvalue weighted by Crippen LogP contribution is -1.88.